The summed E-state index contributed by atoms with van der Waals surface area (Å²) in [4.78, 5) is 4.22. The molecule has 20 heavy (non-hydrogen) atoms. The third kappa shape index (κ3) is 3.40. The zero-order chi connectivity index (χ0) is 14.8. The van der Waals surface area contributed by atoms with Crippen LogP contribution in [0.3, 0.4) is 0 Å². The maximum Gasteiger partial charge on any atom is 0.258 e. The number of rotatable bonds is 5. The molecule has 1 aromatic heterocycles. The van der Waals surface area contributed by atoms with Crippen LogP contribution in [0.25, 0.3) is 11.5 Å². The van der Waals surface area contributed by atoms with Crippen molar-refractivity contribution >= 4 is 0 Å². The van der Waals surface area contributed by atoms with Gasteiger partial charge in [0.1, 0.15) is 11.4 Å². The van der Waals surface area contributed by atoms with E-state index in [1.165, 1.54) is 12.1 Å². The lowest BCUT2D eigenvalue weighted by atomic mass is 10.1. The van der Waals surface area contributed by atoms with Crippen molar-refractivity contribution in [3.05, 3.63) is 35.9 Å². The van der Waals surface area contributed by atoms with Gasteiger partial charge in [-0.2, -0.15) is 4.98 Å². The fourth-order valence-electron chi connectivity index (χ4n) is 1.60. The summed E-state index contributed by atoms with van der Waals surface area (Å²) in [5.74, 6) is 0.207. The second-order valence-electron chi connectivity index (χ2n) is 5.21. The first-order valence-electron chi connectivity index (χ1n) is 6.39. The largest absolute Gasteiger partial charge is 0.376 e. The number of halogens is 1. The van der Waals surface area contributed by atoms with E-state index in [1.807, 2.05) is 13.8 Å². The number of aromatic nitrogens is 2. The van der Waals surface area contributed by atoms with Crippen molar-refractivity contribution in [1.82, 2.24) is 10.1 Å². The molecule has 2 aromatic rings. The summed E-state index contributed by atoms with van der Waals surface area (Å²) < 4.78 is 23.8. The lowest BCUT2D eigenvalue weighted by Gasteiger charge is -2.21. The molecule has 1 aromatic carbocycles. The van der Waals surface area contributed by atoms with Gasteiger partial charge in [-0.25, -0.2) is 4.39 Å². The van der Waals surface area contributed by atoms with Crippen LogP contribution in [0.5, 0.6) is 0 Å². The molecule has 0 bridgehead atoms. The first-order chi connectivity index (χ1) is 9.38. The SMILES string of the molecule is CC(C)OCC(C)(N)c1noc(-c2cccc(F)c2)n1. The summed E-state index contributed by atoms with van der Waals surface area (Å²) in [5, 5.41) is 3.86. The van der Waals surface area contributed by atoms with E-state index in [4.69, 9.17) is 15.0 Å². The van der Waals surface area contributed by atoms with E-state index >= 15 is 0 Å². The van der Waals surface area contributed by atoms with Gasteiger partial charge in [-0.1, -0.05) is 11.2 Å². The second kappa shape index (κ2) is 5.68. The number of hydrogen-bond donors (Lipinski definition) is 1. The van der Waals surface area contributed by atoms with Crippen LogP contribution < -0.4 is 5.73 Å². The van der Waals surface area contributed by atoms with Crippen molar-refractivity contribution in [1.29, 1.82) is 0 Å². The van der Waals surface area contributed by atoms with Crippen LogP contribution >= 0.6 is 0 Å². The van der Waals surface area contributed by atoms with Gasteiger partial charge in [-0.15, -0.1) is 0 Å². The number of nitrogens with zero attached hydrogens (tertiary/aromatic N) is 2. The Hall–Kier alpha value is -1.79. The normalized spacial score (nSPS) is 14.5. The standard InChI is InChI=1S/C14H18FN3O2/c1-9(2)19-8-14(3,16)13-17-12(20-18-13)10-5-4-6-11(15)7-10/h4-7,9H,8,16H2,1-3H3. The summed E-state index contributed by atoms with van der Waals surface area (Å²) in [6.45, 7) is 5.87. The van der Waals surface area contributed by atoms with Gasteiger partial charge in [0.2, 0.25) is 0 Å². The summed E-state index contributed by atoms with van der Waals surface area (Å²) in [5.41, 5.74) is 5.78. The summed E-state index contributed by atoms with van der Waals surface area (Å²) in [6.07, 6.45) is 0.0625. The van der Waals surface area contributed by atoms with Crippen molar-refractivity contribution < 1.29 is 13.7 Å². The molecule has 2 rings (SSSR count). The van der Waals surface area contributed by atoms with E-state index in [9.17, 15) is 4.39 Å². The summed E-state index contributed by atoms with van der Waals surface area (Å²) >= 11 is 0. The Balaban J connectivity index is 2.20. The molecule has 0 aliphatic carbocycles. The molecule has 6 heteroatoms. The van der Waals surface area contributed by atoms with Crippen LogP contribution in [0, 0.1) is 5.82 Å². The highest BCUT2D eigenvalue weighted by Crippen LogP contribution is 2.22. The highest BCUT2D eigenvalue weighted by Gasteiger charge is 2.28. The molecule has 0 saturated carbocycles. The van der Waals surface area contributed by atoms with E-state index in [0.717, 1.165) is 0 Å². The van der Waals surface area contributed by atoms with E-state index in [1.54, 1.807) is 19.1 Å². The molecule has 0 fully saturated rings. The number of nitrogens with two attached hydrogens (primary N) is 1. The fourth-order valence-corrected chi connectivity index (χ4v) is 1.60. The number of ether oxygens (including phenoxy) is 1. The predicted octanol–water partition coefficient (Wildman–Crippen LogP) is 2.47. The predicted molar refractivity (Wildman–Crippen MR) is 72.3 cm³/mol. The van der Waals surface area contributed by atoms with E-state index in [0.29, 0.717) is 11.4 Å². The molecular weight excluding hydrogens is 261 g/mol. The maximum atomic E-state index is 13.2. The minimum atomic E-state index is -0.862. The van der Waals surface area contributed by atoms with Crippen molar-refractivity contribution in [3.63, 3.8) is 0 Å². The van der Waals surface area contributed by atoms with Crippen LogP contribution in [0.2, 0.25) is 0 Å². The Labute approximate surface area is 116 Å². The topological polar surface area (TPSA) is 74.2 Å². The average molecular weight is 279 g/mol. The van der Waals surface area contributed by atoms with Gasteiger partial charge in [-0.05, 0) is 39.0 Å². The minimum Gasteiger partial charge on any atom is -0.376 e. The Bertz CT molecular complexity index is 581. The molecule has 1 unspecified atom stereocenters. The van der Waals surface area contributed by atoms with Crippen LogP contribution in [0.15, 0.2) is 28.8 Å². The number of benzene rings is 1. The van der Waals surface area contributed by atoms with E-state index < -0.39 is 5.54 Å². The molecule has 1 heterocycles. The van der Waals surface area contributed by atoms with Gasteiger partial charge in [0.05, 0.1) is 12.7 Å². The van der Waals surface area contributed by atoms with Gasteiger partial charge in [0.15, 0.2) is 5.82 Å². The fraction of sp³-hybridized carbons (Fsp3) is 0.429. The molecule has 108 valence electrons. The first-order valence-corrected chi connectivity index (χ1v) is 6.39. The molecule has 5 nitrogen and oxygen atoms in total. The summed E-state index contributed by atoms with van der Waals surface area (Å²) in [6, 6.07) is 5.96. The number of hydrogen-bond acceptors (Lipinski definition) is 5. The van der Waals surface area contributed by atoms with Crippen molar-refractivity contribution in [3.8, 4) is 11.5 Å². The van der Waals surface area contributed by atoms with Gasteiger partial charge in [0.25, 0.3) is 5.89 Å². The average Bonchev–Trinajstić information content (AvgIpc) is 2.87. The Kier molecular flexibility index (Phi) is 4.15. The molecule has 0 radical (unpaired) electrons. The molecule has 0 amide bonds. The minimum absolute atomic E-state index is 0.0625. The van der Waals surface area contributed by atoms with Crippen LogP contribution in [-0.2, 0) is 10.3 Å². The van der Waals surface area contributed by atoms with Crippen molar-refractivity contribution in [2.75, 3.05) is 6.61 Å². The Morgan fingerprint density at radius 1 is 1.45 bits per heavy atom. The smallest absolute Gasteiger partial charge is 0.258 e. The lowest BCUT2D eigenvalue weighted by Crippen LogP contribution is -2.40. The van der Waals surface area contributed by atoms with Gasteiger partial charge in [0, 0.05) is 5.56 Å². The van der Waals surface area contributed by atoms with E-state index in [-0.39, 0.29) is 24.4 Å². The van der Waals surface area contributed by atoms with Crippen LogP contribution in [0.4, 0.5) is 4.39 Å². The van der Waals surface area contributed by atoms with Gasteiger partial charge >= 0.3 is 0 Å². The van der Waals surface area contributed by atoms with Crippen molar-refractivity contribution in [2.45, 2.75) is 32.4 Å². The molecule has 0 aliphatic heterocycles. The molecule has 0 spiro atoms. The molecule has 1 atom stereocenters. The van der Waals surface area contributed by atoms with Crippen LogP contribution in [0.1, 0.15) is 26.6 Å². The molecule has 2 N–H and O–H groups in total. The second-order valence-corrected chi connectivity index (χ2v) is 5.21. The highest BCUT2D eigenvalue weighted by molar-refractivity contribution is 5.52. The van der Waals surface area contributed by atoms with Gasteiger partial charge in [-0.3, -0.25) is 0 Å². The zero-order valence-electron chi connectivity index (χ0n) is 11.8. The third-order valence-electron chi connectivity index (χ3n) is 2.72. The quantitative estimate of drug-likeness (QED) is 0.910. The van der Waals surface area contributed by atoms with Gasteiger partial charge < -0.3 is 15.0 Å². The zero-order valence-corrected chi connectivity index (χ0v) is 11.8. The lowest BCUT2D eigenvalue weighted by molar-refractivity contribution is 0.0410. The Morgan fingerprint density at radius 2 is 2.20 bits per heavy atom. The van der Waals surface area contributed by atoms with Crippen molar-refractivity contribution in [2.24, 2.45) is 5.73 Å². The third-order valence-corrected chi connectivity index (χ3v) is 2.72. The maximum absolute atomic E-state index is 13.2. The molecular formula is C14H18FN3O2. The first kappa shape index (κ1) is 14.6. The molecule has 0 aliphatic rings. The highest BCUT2D eigenvalue weighted by atomic mass is 19.1. The summed E-state index contributed by atoms with van der Waals surface area (Å²) in [7, 11) is 0. The van der Waals surface area contributed by atoms with E-state index in [2.05, 4.69) is 10.1 Å². The molecule has 0 saturated heterocycles. The monoisotopic (exact) mass is 279 g/mol. The van der Waals surface area contributed by atoms with Crippen LogP contribution in [-0.4, -0.2) is 22.9 Å². The Morgan fingerprint density at radius 3 is 2.85 bits per heavy atom.